The number of nitrogens with one attached hydrogen (secondary N) is 1. The third-order valence-electron chi connectivity index (χ3n) is 2.82. The Hall–Kier alpha value is -1.15. The van der Waals surface area contributed by atoms with E-state index in [9.17, 15) is 13.2 Å². The number of aromatic nitrogens is 2. The van der Waals surface area contributed by atoms with Crippen LogP contribution in [-0.4, -0.2) is 36.0 Å². The number of hydrogen-bond acceptors (Lipinski definition) is 5. The molecule has 18 heavy (non-hydrogen) atoms. The Bertz CT molecular complexity index is 394. The van der Waals surface area contributed by atoms with E-state index in [4.69, 9.17) is 4.52 Å². The number of ether oxygens (including phenoxy) is 1. The maximum Gasteiger partial charge on any atom is 0.411 e. The first-order valence-corrected chi connectivity index (χ1v) is 5.63. The SMILES string of the molecule is CC1CNCC1c1nc(COCC(F)(F)F)no1. The molecule has 0 bridgehead atoms. The molecule has 8 heteroatoms. The van der Waals surface area contributed by atoms with Crippen LogP contribution in [0.5, 0.6) is 0 Å². The van der Waals surface area contributed by atoms with Crippen LogP contribution in [0.15, 0.2) is 4.52 Å². The standard InChI is InChI=1S/C10H14F3N3O2/c1-6-2-14-3-7(6)9-15-8(16-18-9)4-17-5-10(11,12)13/h6-7,14H,2-5H2,1H3. The van der Waals surface area contributed by atoms with Crippen molar-refractivity contribution in [3.05, 3.63) is 11.7 Å². The number of halogens is 3. The van der Waals surface area contributed by atoms with Gasteiger partial charge in [-0.05, 0) is 12.5 Å². The molecule has 102 valence electrons. The fourth-order valence-corrected chi connectivity index (χ4v) is 1.88. The van der Waals surface area contributed by atoms with E-state index in [2.05, 4.69) is 27.1 Å². The molecule has 2 rings (SSSR count). The molecule has 0 saturated carbocycles. The minimum absolute atomic E-state index is 0.119. The Labute approximate surface area is 102 Å². The lowest BCUT2D eigenvalue weighted by molar-refractivity contribution is -0.177. The fourth-order valence-electron chi connectivity index (χ4n) is 1.88. The van der Waals surface area contributed by atoms with Crippen molar-refractivity contribution < 1.29 is 22.4 Å². The molecule has 1 aromatic rings. The van der Waals surface area contributed by atoms with Gasteiger partial charge in [-0.15, -0.1) is 0 Å². The first-order chi connectivity index (χ1) is 8.46. The third kappa shape index (κ3) is 3.42. The third-order valence-corrected chi connectivity index (χ3v) is 2.82. The van der Waals surface area contributed by atoms with Gasteiger partial charge in [-0.3, -0.25) is 0 Å². The highest BCUT2D eigenvalue weighted by atomic mass is 19.4. The van der Waals surface area contributed by atoms with Gasteiger partial charge in [0.05, 0.1) is 5.92 Å². The summed E-state index contributed by atoms with van der Waals surface area (Å²) >= 11 is 0. The van der Waals surface area contributed by atoms with Gasteiger partial charge in [0.2, 0.25) is 5.89 Å². The Kier molecular flexibility index (Phi) is 3.86. The predicted molar refractivity (Wildman–Crippen MR) is 54.8 cm³/mol. The number of alkyl halides is 3. The van der Waals surface area contributed by atoms with Crippen LogP contribution in [0, 0.1) is 5.92 Å². The summed E-state index contributed by atoms with van der Waals surface area (Å²) in [5.74, 6) is 1.09. The van der Waals surface area contributed by atoms with Gasteiger partial charge < -0.3 is 14.6 Å². The first-order valence-electron chi connectivity index (χ1n) is 5.63. The van der Waals surface area contributed by atoms with Crippen molar-refractivity contribution in [3.63, 3.8) is 0 Å². The number of rotatable bonds is 4. The summed E-state index contributed by atoms with van der Waals surface area (Å²) in [6.45, 7) is 2.06. The summed E-state index contributed by atoms with van der Waals surface area (Å²) < 4.78 is 45.1. The molecule has 5 nitrogen and oxygen atoms in total. The molecule has 1 fully saturated rings. The van der Waals surface area contributed by atoms with Crippen LogP contribution < -0.4 is 5.32 Å². The maximum atomic E-state index is 11.9. The highest BCUT2D eigenvalue weighted by molar-refractivity contribution is 5.00. The van der Waals surface area contributed by atoms with Crippen molar-refractivity contribution in [2.45, 2.75) is 25.6 Å². The van der Waals surface area contributed by atoms with Gasteiger partial charge in [0.1, 0.15) is 13.2 Å². The second-order valence-electron chi connectivity index (χ2n) is 4.40. The summed E-state index contributed by atoms with van der Waals surface area (Å²) in [4.78, 5) is 4.05. The minimum Gasteiger partial charge on any atom is -0.364 e. The Morgan fingerprint density at radius 3 is 2.83 bits per heavy atom. The van der Waals surface area contributed by atoms with Crippen LogP contribution in [0.4, 0.5) is 13.2 Å². The molecule has 0 aromatic carbocycles. The molecule has 1 N–H and O–H groups in total. The molecule has 1 aliphatic rings. The van der Waals surface area contributed by atoms with E-state index in [0.29, 0.717) is 11.8 Å². The number of nitrogens with zero attached hydrogens (tertiary/aromatic N) is 2. The second-order valence-corrected chi connectivity index (χ2v) is 4.40. The van der Waals surface area contributed by atoms with Crippen LogP contribution in [0.2, 0.25) is 0 Å². The van der Waals surface area contributed by atoms with Crippen molar-refractivity contribution in [3.8, 4) is 0 Å². The first kappa shape index (κ1) is 13.3. The van der Waals surface area contributed by atoms with E-state index in [1.54, 1.807) is 0 Å². The zero-order chi connectivity index (χ0) is 13.2. The van der Waals surface area contributed by atoms with Crippen LogP contribution in [-0.2, 0) is 11.3 Å². The highest BCUT2D eigenvalue weighted by Crippen LogP contribution is 2.26. The highest BCUT2D eigenvalue weighted by Gasteiger charge is 2.30. The molecule has 2 atom stereocenters. The molecule has 0 aliphatic carbocycles. The topological polar surface area (TPSA) is 60.2 Å². The minimum atomic E-state index is -4.34. The number of hydrogen-bond donors (Lipinski definition) is 1. The van der Waals surface area contributed by atoms with Gasteiger partial charge >= 0.3 is 6.18 Å². The summed E-state index contributed by atoms with van der Waals surface area (Å²) in [5.41, 5.74) is 0. The zero-order valence-electron chi connectivity index (χ0n) is 9.83. The molecule has 1 saturated heterocycles. The molecule has 2 unspecified atom stereocenters. The molecule has 0 spiro atoms. The van der Waals surface area contributed by atoms with Crippen LogP contribution in [0.25, 0.3) is 0 Å². The normalized spacial score (nSPS) is 24.7. The van der Waals surface area contributed by atoms with Gasteiger partial charge in [0, 0.05) is 6.54 Å². The molecule has 0 radical (unpaired) electrons. The van der Waals surface area contributed by atoms with Gasteiger partial charge in [-0.1, -0.05) is 12.1 Å². The lowest BCUT2D eigenvalue weighted by Crippen LogP contribution is -2.17. The van der Waals surface area contributed by atoms with E-state index in [1.165, 1.54) is 0 Å². The Morgan fingerprint density at radius 1 is 1.44 bits per heavy atom. The van der Waals surface area contributed by atoms with Crippen molar-refractivity contribution in [2.24, 2.45) is 5.92 Å². The van der Waals surface area contributed by atoms with E-state index >= 15 is 0 Å². The molecule has 2 heterocycles. The van der Waals surface area contributed by atoms with Gasteiger partial charge in [-0.25, -0.2) is 0 Å². The molecular weight excluding hydrogens is 251 g/mol. The van der Waals surface area contributed by atoms with Crippen LogP contribution in [0.3, 0.4) is 0 Å². The quantitative estimate of drug-likeness (QED) is 0.893. The van der Waals surface area contributed by atoms with Crippen molar-refractivity contribution in [2.75, 3.05) is 19.7 Å². The fraction of sp³-hybridized carbons (Fsp3) is 0.800. The van der Waals surface area contributed by atoms with E-state index < -0.39 is 12.8 Å². The molecule has 1 aromatic heterocycles. The summed E-state index contributed by atoms with van der Waals surface area (Å²) in [5, 5.41) is 6.79. The van der Waals surface area contributed by atoms with Crippen LogP contribution >= 0.6 is 0 Å². The average Bonchev–Trinajstić information content (AvgIpc) is 2.84. The molecular formula is C10H14F3N3O2. The maximum absolute atomic E-state index is 11.9. The van der Waals surface area contributed by atoms with Crippen molar-refractivity contribution in [1.82, 2.24) is 15.5 Å². The van der Waals surface area contributed by atoms with E-state index in [1.807, 2.05) is 0 Å². The van der Waals surface area contributed by atoms with E-state index in [-0.39, 0.29) is 18.3 Å². The Morgan fingerprint density at radius 2 is 2.22 bits per heavy atom. The molecule has 1 aliphatic heterocycles. The average molecular weight is 265 g/mol. The van der Waals surface area contributed by atoms with Crippen LogP contribution in [0.1, 0.15) is 24.6 Å². The monoisotopic (exact) mass is 265 g/mol. The van der Waals surface area contributed by atoms with Gasteiger partial charge in [-0.2, -0.15) is 18.2 Å². The summed E-state index contributed by atoms with van der Waals surface area (Å²) in [7, 11) is 0. The smallest absolute Gasteiger partial charge is 0.364 e. The van der Waals surface area contributed by atoms with Crippen molar-refractivity contribution >= 4 is 0 Å². The largest absolute Gasteiger partial charge is 0.411 e. The summed E-state index contributed by atoms with van der Waals surface area (Å²) in [6.07, 6.45) is -4.34. The van der Waals surface area contributed by atoms with Gasteiger partial charge in [0.25, 0.3) is 0 Å². The second kappa shape index (κ2) is 5.23. The lowest BCUT2D eigenvalue weighted by atomic mass is 9.98. The van der Waals surface area contributed by atoms with Gasteiger partial charge in [0.15, 0.2) is 5.82 Å². The zero-order valence-corrected chi connectivity index (χ0v) is 9.83. The van der Waals surface area contributed by atoms with Crippen molar-refractivity contribution in [1.29, 1.82) is 0 Å². The Balaban J connectivity index is 1.86. The predicted octanol–water partition coefficient (Wildman–Crippen LogP) is 1.47. The molecule has 0 amide bonds. The summed E-state index contributed by atoms with van der Waals surface area (Å²) in [6, 6.07) is 0. The lowest BCUT2D eigenvalue weighted by Gasteiger charge is -2.07. The van der Waals surface area contributed by atoms with E-state index in [0.717, 1.165) is 13.1 Å².